The first-order chi connectivity index (χ1) is 19.2. The zero-order valence-corrected chi connectivity index (χ0v) is 22.3. The van der Waals surface area contributed by atoms with E-state index in [0.717, 1.165) is 0 Å². The zero-order chi connectivity index (χ0) is 29.0. The van der Waals surface area contributed by atoms with Crippen LogP contribution in [-0.2, 0) is 19.6 Å². The van der Waals surface area contributed by atoms with Crippen molar-refractivity contribution in [2.45, 2.75) is 30.2 Å². The number of carbonyl (C=O) groups is 3. The maximum atomic E-state index is 12.7. The SMILES string of the molecule is COC(=O)C(CCCCNC(=O)c1ccncc1)NC(=O)c1ccc(N/N=C/c2ccccc2S(=O)(=O)O)nc1. The van der Waals surface area contributed by atoms with Crippen molar-refractivity contribution in [3.8, 4) is 0 Å². The molecule has 0 saturated carbocycles. The number of ether oxygens (including phenoxy) is 1. The summed E-state index contributed by atoms with van der Waals surface area (Å²) in [4.78, 5) is 44.6. The lowest BCUT2D eigenvalue weighted by molar-refractivity contribution is -0.143. The van der Waals surface area contributed by atoms with Gasteiger partial charge in [-0.15, -0.1) is 0 Å². The van der Waals surface area contributed by atoms with Gasteiger partial charge in [0.15, 0.2) is 0 Å². The summed E-state index contributed by atoms with van der Waals surface area (Å²) >= 11 is 0. The molecule has 0 radical (unpaired) electrons. The van der Waals surface area contributed by atoms with E-state index in [0.29, 0.717) is 31.4 Å². The maximum absolute atomic E-state index is 12.7. The molecule has 2 heterocycles. The summed E-state index contributed by atoms with van der Waals surface area (Å²) in [6, 6.07) is 11.0. The average molecular weight is 569 g/mol. The summed E-state index contributed by atoms with van der Waals surface area (Å²) < 4.78 is 37.0. The molecule has 3 rings (SSSR count). The molecular weight excluding hydrogens is 540 g/mol. The number of anilines is 1. The van der Waals surface area contributed by atoms with Gasteiger partial charge in [0, 0.05) is 36.3 Å². The van der Waals surface area contributed by atoms with Gasteiger partial charge in [-0.2, -0.15) is 13.5 Å². The molecule has 1 aromatic carbocycles. The number of amides is 2. The zero-order valence-electron chi connectivity index (χ0n) is 21.5. The van der Waals surface area contributed by atoms with Crippen LogP contribution in [0.15, 0.2) is 77.1 Å². The molecule has 4 N–H and O–H groups in total. The second-order valence-electron chi connectivity index (χ2n) is 8.35. The molecule has 1 atom stereocenters. The third kappa shape index (κ3) is 8.96. The Morgan fingerprint density at radius 1 is 1.02 bits per heavy atom. The van der Waals surface area contributed by atoms with Gasteiger partial charge in [-0.3, -0.25) is 24.6 Å². The molecule has 0 aliphatic rings. The van der Waals surface area contributed by atoms with E-state index in [2.05, 4.69) is 31.1 Å². The lowest BCUT2D eigenvalue weighted by Gasteiger charge is -2.16. The highest BCUT2D eigenvalue weighted by Gasteiger charge is 2.22. The standard InChI is InChI=1S/C26H28N6O7S/c1-39-26(35)21(7-4-5-13-28-24(33)18-11-14-27-15-12-18)31-25(34)20-9-10-23(29-16-20)32-30-17-19-6-2-3-8-22(19)40(36,37)38/h2-3,6,8-12,14-17,21H,4-5,7,13H2,1H3,(H,28,33)(H,29,32)(H,31,34)(H,36,37,38)/b30-17+. The number of rotatable bonds is 13. The van der Waals surface area contributed by atoms with Crippen molar-refractivity contribution in [2.24, 2.45) is 5.10 Å². The maximum Gasteiger partial charge on any atom is 0.328 e. The Morgan fingerprint density at radius 2 is 1.77 bits per heavy atom. The van der Waals surface area contributed by atoms with E-state index in [4.69, 9.17) is 4.74 Å². The minimum absolute atomic E-state index is 0.165. The third-order valence-electron chi connectivity index (χ3n) is 5.54. The van der Waals surface area contributed by atoms with Crippen LogP contribution < -0.4 is 16.1 Å². The summed E-state index contributed by atoms with van der Waals surface area (Å²) in [7, 11) is -3.19. The predicted octanol–water partition coefficient (Wildman–Crippen LogP) is 2.04. The molecule has 3 aromatic rings. The Balaban J connectivity index is 1.50. The number of pyridine rings is 2. The van der Waals surface area contributed by atoms with Crippen LogP contribution in [0, 0.1) is 0 Å². The molecule has 1 unspecified atom stereocenters. The van der Waals surface area contributed by atoms with Gasteiger partial charge in [-0.25, -0.2) is 9.78 Å². The predicted molar refractivity (Wildman–Crippen MR) is 145 cm³/mol. The molecule has 2 amide bonds. The fraction of sp³-hybridized carbons (Fsp3) is 0.231. The summed E-state index contributed by atoms with van der Waals surface area (Å²) in [5.41, 5.74) is 3.46. The lowest BCUT2D eigenvalue weighted by Crippen LogP contribution is -2.41. The molecular formula is C26H28N6O7S. The van der Waals surface area contributed by atoms with Crippen LogP contribution in [-0.4, -0.2) is 66.6 Å². The number of carbonyl (C=O) groups excluding carboxylic acids is 3. The fourth-order valence-corrected chi connectivity index (χ4v) is 4.17. The monoisotopic (exact) mass is 568 g/mol. The summed E-state index contributed by atoms with van der Waals surface area (Å²) in [5, 5.41) is 9.34. The molecule has 40 heavy (non-hydrogen) atoms. The Bertz CT molecular complexity index is 1450. The van der Waals surface area contributed by atoms with Gasteiger partial charge >= 0.3 is 5.97 Å². The molecule has 0 spiro atoms. The van der Waals surface area contributed by atoms with Crippen molar-refractivity contribution in [2.75, 3.05) is 19.1 Å². The number of methoxy groups -OCH3 is 1. The normalized spacial score (nSPS) is 11.9. The Kier molecular flexibility index (Phi) is 10.8. The van der Waals surface area contributed by atoms with Gasteiger partial charge in [0.25, 0.3) is 21.9 Å². The first-order valence-corrected chi connectivity index (χ1v) is 13.5. The largest absolute Gasteiger partial charge is 0.467 e. The van der Waals surface area contributed by atoms with Crippen molar-refractivity contribution in [1.82, 2.24) is 20.6 Å². The Morgan fingerprint density at radius 3 is 2.45 bits per heavy atom. The highest BCUT2D eigenvalue weighted by Crippen LogP contribution is 2.13. The topological polar surface area (TPSA) is 189 Å². The highest BCUT2D eigenvalue weighted by atomic mass is 32.2. The van der Waals surface area contributed by atoms with E-state index >= 15 is 0 Å². The first kappa shape index (κ1) is 29.9. The third-order valence-corrected chi connectivity index (χ3v) is 6.47. The van der Waals surface area contributed by atoms with Gasteiger partial charge in [0.1, 0.15) is 16.8 Å². The molecule has 0 fully saturated rings. The lowest BCUT2D eigenvalue weighted by atomic mass is 10.1. The molecule has 0 aliphatic carbocycles. The molecule has 210 valence electrons. The first-order valence-electron chi connectivity index (χ1n) is 12.1. The van der Waals surface area contributed by atoms with Crippen LogP contribution in [0.4, 0.5) is 5.82 Å². The van der Waals surface area contributed by atoms with E-state index in [9.17, 15) is 27.4 Å². The number of hydrogen-bond donors (Lipinski definition) is 4. The summed E-state index contributed by atoms with van der Waals surface area (Å²) in [6.07, 6.45) is 6.97. The molecule has 14 heteroatoms. The van der Waals surface area contributed by atoms with Crippen LogP contribution in [0.3, 0.4) is 0 Å². The second kappa shape index (κ2) is 14.5. The van der Waals surface area contributed by atoms with Crippen molar-refractivity contribution < 1.29 is 32.1 Å². The molecule has 13 nitrogen and oxygen atoms in total. The van der Waals surface area contributed by atoms with E-state index < -0.39 is 28.0 Å². The van der Waals surface area contributed by atoms with Crippen LogP contribution in [0.25, 0.3) is 0 Å². The Hall–Kier alpha value is -4.69. The van der Waals surface area contributed by atoms with Crippen molar-refractivity contribution in [3.63, 3.8) is 0 Å². The Labute approximate surface area is 230 Å². The average Bonchev–Trinajstić information content (AvgIpc) is 2.96. The van der Waals surface area contributed by atoms with Gasteiger partial charge < -0.3 is 15.4 Å². The summed E-state index contributed by atoms with van der Waals surface area (Å²) in [6.45, 7) is 0.394. The summed E-state index contributed by atoms with van der Waals surface area (Å²) in [5.74, 6) is -1.10. The van der Waals surface area contributed by atoms with Crippen LogP contribution in [0.5, 0.6) is 0 Å². The van der Waals surface area contributed by atoms with Crippen LogP contribution >= 0.6 is 0 Å². The van der Waals surface area contributed by atoms with E-state index in [-0.39, 0.29) is 27.7 Å². The van der Waals surface area contributed by atoms with Gasteiger partial charge in [0.05, 0.1) is 18.9 Å². The number of hydrazone groups is 1. The molecule has 0 aliphatic heterocycles. The van der Waals surface area contributed by atoms with E-state index in [1.54, 1.807) is 18.2 Å². The van der Waals surface area contributed by atoms with E-state index in [1.807, 2.05) is 0 Å². The van der Waals surface area contributed by atoms with Crippen molar-refractivity contribution in [3.05, 3.63) is 83.8 Å². The van der Waals surface area contributed by atoms with E-state index in [1.165, 1.54) is 62.2 Å². The fourth-order valence-electron chi connectivity index (χ4n) is 3.50. The van der Waals surface area contributed by atoms with Gasteiger partial charge in [-0.05, 0) is 49.6 Å². The number of nitrogens with one attached hydrogen (secondary N) is 3. The van der Waals surface area contributed by atoms with Crippen LogP contribution in [0.1, 0.15) is 45.5 Å². The number of nitrogens with zero attached hydrogens (tertiary/aromatic N) is 3. The van der Waals surface area contributed by atoms with Gasteiger partial charge in [0.2, 0.25) is 0 Å². The van der Waals surface area contributed by atoms with Gasteiger partial charge in [-0.1, -0.05) is 18.2 Å². The minimum Gasteiger partial charge on any atom is -0.467 e. The smallest absolute Gasteiger partial charge is 0.328 e. The second-order valence-corrected chi connectivity index (χ2v) is 9.74. The molecule has 0 saturated heterocycles. The van der Waals surface area contributed by atoms with Crippen LogP contribution in [0.2, 0.25) is 0 Å². The quantitative estimate of drug-likeness (QED) is 0.0780. The number of esters is 1. The number of unbranched alkanes of at least 4 members (excludes halogenated alkanes) is 1. The number of aromatic nitrogens is 2. The van der Waals surface area contributed by atoms with Crippen molar-refractivity contribution >= 4 is 39.9 Å². The van der Waals surface area contributed by atoms with Crippen molar-refractivity contribution in [1.29, 1.82) is 0 Å². The molecule has 2 aromatic heterocycles. The number of hydrogen-bond acceptors (Lipinski definition) is 10. The highest BCUT2D eigenvalue weighted by molar-refractivity contribution is 7.86. The molecule has 0 bridgehead atoms. The minimum atomic E-state index is -4.42. The number of benzene rings is 1.